The molecule has 180 valence electrons. The van der Waals surface area contributed by atoms with Crippen molar-refractivity contribution >= 4 is 53.9 Å². The number of hydrogen-bond acceptors (Lipinski definition) is 3. The lowest BCUT2D eigenvalue weighted by molar-refractivity contribution is 0.329. The van der Waals surface area contributed by atoms with Crippen molar-refractivity contribution in [3.63, 3.8) is 0 Å². The summed E-state index contributed by atoms with van der Waals surface area (Å²) in [7, 11) is 5.09. The lowest BCUT2D eigenvalue weighted by Crippen LogP contribution is -2.00. The molecule has 0 fully saturated rings. The van der Waals surface area contributed by atoms with E-state index in [1.165, 1.54) is 43.6 Å². The van der Waals surface area contributed by atoms with Crippen molar-refractivity contribution in [3.05, 3.63) is 90.5 Å². The summed E-state index contributed by atoms with van der Waals surface area (Å²) in [6.45, 7) is 2.13. The zero-order valence-corrected chi connectivity index (χ0v) is 21.3. The fraction of sp³-hybridized carbons (Fsp3) is 0.118. The molecule has 7 aromatic rings. The highest BCUT2D eigenvalue weighted by molar-refractivity contribution is 6.42. The quantitative estimate of drug-likeness (QED) is 0.185. The van der Waals surface area contributed by atoms with Crippen LogP contribution in [0.2, 0.25) is 0 Å². The Morgan fingerprint density at radius 3 is 1.32 bits per heavy atom. The average molecular weight is 483 g/mol. The molecule has 3 nitrogen and oxygen atoms in total. The molecule has 0 aromatic heterocycles. The molecule has 0 saturated heterocycles. The van der Waals surface area contributed by atoms with Gasteiger partial charge in [-0.25, -0.2) is 0 Å². The molecule has 0 atom stereocenters. The highest BCUT2D eigenvalue weighted by Crippen LogP contribution is 2.56. The number of methoxy groups -OCH3 is 3. The van der Waals surface area contributed by atoms with Crippen LogP contribution in [0.15, 0.2) is 84.9 Å². The molecule has 0 bridgehead atoms. The number of ether oxygens (including phenoxy) is 3. The van der Waals surface area contributed by atoms with E-state index < -0.39 is 0 Å². The van der Waals surface area contributed by atoms with E-state index in [2.05, 4.69) is 91.9 Å². The van der Waals surface area contributed by atoms with Gasteiger partial charge >= 0.3 is 0 Å². The molecule has 0 aliphatic heterocycles. The highest BCUT2D eigenvalue weighted by atomic mass is 16.5. The summed E-state index contributed by atoms with van der Waals surface area (Å²) in [6.07, 6.45) is 0. The summed E-state index contributed by atoms with van der Waals surface area (Å²) >= 11 is 0. The summed E-state index contributed by atoms with van der Waals surface area (Å²) < 4.78 is 18.1. The van der Waals surface area contributed by atoms with E-state index in [-0.39, 0.29) is 0 Å². The summed E-state index contributed by atoms with van der Waals surface area (Å²) in [5.41, 5.74) is 3.67. The Kier molecular flexibility index (Phi) is 4.71. The molecule has 0 amide bonds. The van der Waals surface area contributed by atoms with Gasteiger partial charge in [0.15, 0.2) is 11.5 Å². The van der Waals surface area contributed by atoms with Gasteiger partial charge in [0.25, 0.3) is 0 Å². The van der Waals surface area contributed by atoms with Crippen LogP contribution in [-0.2, 0) is 0 Å². The molecule has 3 heteroatoms. The van der Waals surface area contributed by atoms with Gasteiger partial charge in [-0.05, 0) is 67.9 Å². The maximum absolute atomic E-state index is 6.06. The van der Waals surface area contributed by atoms with Crippen molar-refractivity contribution in [1.29, 1.82) is 0 Å². The van der Waals surface area contributed by atoms with E-state index in [1.807, 2.05) is 0 Å². The SMILES string of the molecule is COc1c(OC)c2c3ccccc3c3cc(-c4ccc(C)cc4)cc4c5ccccc5c(c1OC)c2c34. The number of aryl methyl sites for hydroxylation is 1. The Labute approximate surface area is 215 Å². The molecule has 7 rings (SSSR count). The second kappa shape index (κ2) is 8.01. The van der Waals surface area contributed by atoms with Gasteiger partial charge in [0.1, 0.15) is 0 Å². The van der Waals surface area contributed by atoms with Gasteiger partial charge in [0, 0.05) is 16.2 Å². The lowest BCUT2D eigenvalue weighted by atomic mass is 9.83. The average Bonchev–Trinajstić information content (AvgIpc) is 2.95. The van der Waals surface area contributed by atoms with Gasteiger partial charge in [0.2, 0.25) is 5.75 Å². The van der Waals surface area contributed by atoms with E-state index in [4.69, 9.17) is 14.2 Å². The molecule has 0 saturated carbocycles. The van der Waals surface area contributed by atoms with Gasteiger partial charge in [0.05, 0.1) is 21.3 Å². The topological polar surface area (TPSA) is 27.7 Å². The second-order valence-electron chi connectivity index (χ2n) is 9.63. The van der Waals surface area contributed by atoms with Crippen molar-refractivity contribution < 1.29 is 14.2 Å². The van der Waals surface area contributed by atoms with Crippen molar-refractivity contribution in [1.82, 2.24) is 0 Å². The third-order valence-corrected chi connectivity index (χ3v) is 7.73. The Bertz CT molecular complexity index is 1870. The molecule has 37 heavy (non-hydrogen) atoms. The summed E-state index contributed by atoms with van der Waals surface area (Å²) in [5, 5.41) is 11.6. The first kappa shape index (κ1) is 21.8. The van der Waals surface area contributed by atoms with Gasteiger partial charge in [-0.15, -0.1) is 0 Å². The summed E-state index contributed by atoms with van der Waals surface area (Å²) in [6, 6.07) is 30.6. The fourth-order valence-electron chi connectivity index (χ4n) is 6.14. The minimum absolute atomic E-state index is 0.617. The van der Waals surface area contributed by atoms with Crippen LogP contribution in [0.1, 0.15) is 5.56 Å². The predicted octanol–water partition coefficient (Wildman–Crippen LogP) is 8.89. The van der Waals surface area contributed by atoms with Gasteiger partial charge in [-0.2, -0.15) is 0 Å². The predicted molar refractivity (Wildman–Crippen MR) is 155 cm³/mol. The molecule has 7 aromatic carbocycles. The van der Waals surface area contributed by atoms with Crippen LogP contribution in [0.25, 0.3) is 65.0 Å². The van der Waals surface area contributed by atoms with Crippen molar-refractivity contribution in [2.45, 2.75) is 6.92 Å². The van der Waals surface area contributed by atoms with Gasteiger partial charge in [-0.3, -0.25) is 0 Å². The second-order valence-corrected chi connectivity index (χ2v) is 9.63. The zero-order valence-electron chi connectivity index (χ0n) is 21.3. The van der Waals surface area contributed by atoms with Crippen LogP contribution < -0.4 is 14.2 Å². The molecule has 0 heterocycles. The van der Waals surface area contributed by atoms with E-state index in [1.54, 1.807) is 21.3 Å². The normalized spacial score (nSPS) is 11.8. The van der Waals surface area contributed by atoms with Crippen LogP contribution in [0.3, 0.4) is 0 Å². The van der Waals surface area contributed by atoms with Crippen LogP contribution in [-0.4, -0.2) is 21.3 Å². The van der Waals surface area contributed by atoms with Gasteiger partial charge in [-0.1, -0.05) is 78.4 Å². The van der Waals surface area contributed by atoms with Crippen LogP contribution in [0.5, 0.6) is 17.2 Å². The molecule has 0 radical (unpaired) electrons. The largest absolute Gasteiger partial charge is 0.492 e. The molecule has 0 aliphatic carbocycles. The smallest absolute Gasteiger partial charge is 0.204 e. The molecule has 0 spiro atoms. The van der Waals surface area contributed by atoms with E-state index >= 15 is 0 Å². The maximum Gasteiger partial charge on any atom is 0.204 e. The van der Waals surface area contributed by atoms with Crippen LogP contribution in [0.4, 0.5) is 0 Å². The Balaban J connectivity index is 1.85. The van der Waals surface area contributed by atoms with Crippen LogP contribution >= 0.6 is 0 Å². The van der Waals surface area contributed by atoms with E-state index in [0.717, 1.165) is 26.9 Å². The number of rotatable bonds is 4. The van der Waals surface area contributed by atoms with Crippen molar-refractivity contribution in [2.75, 3.05) is 21.3 Å². The maximum atomic E-state index is 6.06. The van der Waals surface area contributed by atoms with Crippen molar-refractivity contribution in [2.24, 2.45) is 0 Å². The van der Waals surface area contributed by atoms with Gasteiger partial charge < -0.3 is 14.2 Å². The first-order valence-electron chi connectivity index (χ1n) is 12.5. The van der Waals surface area contributed by atoms with E-state index in [9.17, 15) is 0 Å². The molecule has 0 unspecified atom stereocenters. The molecule has 0 N–H and O–H groups in total. The molecule has 0 aliphatic rings. The number of fused-ring (bicyclic) bond motifs is 6. The zero-order chi connectivity index (χ0) is 25.3. The minimum atomic E-state index is 0.617. The molecular weight excluding hydrogens is 456 g/mol. The minimum Gasteiger partial charge on any atom is -0.492 e. The van der Waals surface area contributed by atoms with Crippen LogP contribution in [0, 0.1) is 6.92 Å². The first-order valence-corrected chi connectivity index (χ1v) is 12.5. The first-order chi connectivity index (χ1) is 18.2. The fourth-order valence-corrected chi connectivity index (χ4v) is 6.14. The lowest BCUT2D eigenvalue weighted by Gasteiger charge is -2.23. The number of hydrogen-bond donors (Lipinski definition) is 0. The standard InChI is InChI=1S/C34H26O3/c1-19-13-15-20(16-14-19)21-17-26-22-9-5-7-11-24(22)29-31-28(26)27(18-21)23-10-6-8-12-25(23)30(31)33(36-3)34(37-4)32(29)35-2/h5-18H,1-4H3. The monoisotopic (exact) mass is 482 g/mol. The summed E-state index contributed by atoms with van der Waals surface area (Å²) in [5.74, 6) is 2.01. The highest BCUT2D eigenvalue weighted by Gasteiger charge is 2.27. The Morgan fingerprint density at radius 2 is 0.865 bits per heavy atom. The Hall–Kier alpha value is -4.50. The Morgan fingerprint density at radius 1 is 0.405 bits per heavy atom. The van der Waals surface area contributed by atoms with Crippen molar-refractivity contribution in [3.8, 4) is 28.4 Å². The number of benzene rings is 7. The van der Waals surface area contributed by atoms with E-state index in [0.29, 0.717) is 17.2 Å². The third kappa shape index (κ3) is 2.88. The third-order valence-electron chi connectivity index (χ3n) is 7.73. The molecular formula is C34H26O3. The summed E-state index contributed by atoms with van der Waals surface area (Å²) in [4.78, 5) is 0.